The van der Waals surface area contributed by atoms with Crippen molar-refractivity contribution < 1.29 is 18.0 Å². The Morgan fingerprint density at radius 2 is 1.86 bits per heavy atom. The predicted octanol–water partition coefficient (Wildman–Crippen LogP) is 5.03. The van der Waals surface area contributed by atoms with Gasteiger partial charge in [-0.05, 0) is 48.9 Å². The Morgan fingerprint density at radius 1 is 1.14 bits per heavy atom. The third-order valence-electron chi connectivity index (χ3n) is 2.75. The number of alkyl halides is 3. The van der Waals surface area contributed by atoms with Crippen molar-refractivity contribution in [2.45, 2.75) is 13.1 Å². The van der Waals surface area contributed by atoms with Crippen LogP contribution >= 0.6 is 15.9 Å². The van der Waals surface area contributed by atoms with Gasteiger partial charge < -0.3 is 5.32 Å². The summed E-state index contributed by atoms with van der Waals surface area (Å²) in [5, 5.41) is 2.47. The summed E-state index contributed by atoms with van der Waals surface area (Å²) >= 11 is 3.28. The molecule has 0 saturated heterocycles. The molecule has 21 heavy (non-hydrogen) atoms. The number of hydrogen-bond acceptors (Lipinski definition) is 1. The lowest BCUT2D eigenvalue weighted by atomic mass is 10.1. The molecule has 0 bridgehead atoms. The van der Waals surface area contributed by atoms with E-state index in [-0.39, 0.29) is 5.69 Å². The van der Waals surface area contributed by atoms with Crippen molar-refractivity contribution in [1.82, 2.24) is 0 Å². The highest BCUT2D eigenvalue weighted by Gasteiger charge is 2.30. The average molecular weight is 358 g/mol. The maximum absolute atomic E-state index is 12.6. The fourth-order valence-electron chi connectivity index (χ4n) is 1.84. The van der Waals surface area contributed by atoms with Crippen molar-refractivity contribution in [3.63, 3.8) is 0 Å². The molecule has 2 rings (SSSR count). The van der Waals surface area contributed by atoms with Crippen LogP contribution in [0.2, 0.25) is 0 Å². The van der Waals surface area contributed by atoms with Crippen LogP contribution in [0.3, 0.4) is 0 Å². The largest absolute Gasteiger partial charge is 0.416 e. The number of nitrogens with one attached hydrogen (secondary N) is 1. The molecule has 0 aliphatic heterocycles. The highest BCUT2D eigenvalue weighted by atomic mass is 79.9. The second-order valence-electron chi connectivity index (χ2n) is 4.55. The molecule has 1 amide bonds. The lowest BCUT2D eigenvalue weighted by molar-refractivity contribution is -0.137. The van der Waals surface area contributed by atoms with Crippen LogP contribution in [-0.2, 0) is 6.18 Å². The van der Waals surface area contributed by atoms with Gasteiger partial charge in [0.1, 0.15) is 0 Å². The van der Waals surface area contributed by atoms with Gasteiger partial charge in [0.05, 0.1) is 5.56 Å². The number of amides is 1. The Kier molecular flexibility index (Phi) is 4.37. The summed E-state index contributed by atoms with van der Waals surface area (Å²) in [6, 6.07) is 9.63. The van der Waals surface area contributed by atoms with Crippen LogP contribution in [0.15, 0.2) is 46.9 Å². The quantitative estimate of drug-likeness (QED) is 0.802. The number of carbonyl (C=O) groups is 1. The lowest BCUT2D eigenvalue weighted by Crippen LogP contribution is -2.13. The molecule has 0 spiro atoms. The molecule has 0 saturated carbocycles. The van der Waals surface area contributed by atoms with Gasteiger partial charge in [0, 0.05) is 15.7 Å². The van der Waals surface area contributed by atoms with E-state index in [1.807, 2.05) is 13.0 Å². The van der Waals surface area contributed by atoms with Crippen molar-refractivity contribution in [2.24, 2.45) is 0 Å². The maximum Gasteiger partial charge on any atom is 0.416 e. The van der Waals surface area contributed by atoms with E-state index in [4.69, 9.17) is 0 Å². The van der Waals surface area contributed by atoms with Gasteiger partial charge in [-0.15, -0.1) is 0 Å². The van der Waals surface area contributed by atoms with Crippen LogP contribution in [0, 0.1) is 6.92 Å². The van der Waals surface area contributed by atoms with Crippen molar-refractivity contribution >= 4 is 27.5 Å². The zero-order chi connectivity index (χ0) is 15.6. The Balaban J connectivity index is 2.23. The van der Waals surface area contributed by atoms with Gasteiger partial charge in [0.25, 0.3) is 5.91 Å². The van der Waals surface area contributed by atoms with Crippen LogP contribution in [0.5, 0.6) is 0 Å². The summed E-state index contributed by atoms with van der Waals surface area (Å²) in [6.07, 6.45) is -4.44. The van der Waals surface area contributed by atoms with Gasteiger partial charge in [0.2, 0.25) is 0 Å². The average Bonchev–Trinajstić information content (AvgIpc) is 2.37. The van der Waals surface area contributed by atoms with E-state index in [9.17, 15) is 18.0 Å². The first-order valence-corrected chi connectivity index (χ1v) is 6.81. The van der Waals surface area contributed by atoms with Gasteiger partial charge in [-0.2, -0.15) is 13.2 Å². The van der Waals surface area contributed by atoms with Crippen LogP contribution in [0.25, 0.3) is 0 Å². The zero-order valence-corrected chi connectivity index (χ0v) is 12.5. The molecule has 6 heteroatoms. The van der Waals surface area contributed by atoms with E-state index in [0.29, 0.717) is 5.56 Å². The molecule has 0 radical (unpaired) electrons. The second kappa shape index (κ2) is 5.89. The minimum absolute atomic E-state index is 0.104. The van der Waals surface area contributed by atoms with Gasteiger partial charge >= 0.3 is 6.18 Å². The Labute approximate surface area is 128 Å². The van der Waals surface area contributed by atoms with E-state index >= 15 is 0 Å². The van der Waals surface area contributed by atoms with E-state index in [0.717, 1.165) is 22.2 Å². The maximum atomic E-state index is 12.6. The highest BCUT2D eigenvalue weighted by molar-refractivity contribution is 9.10. The van der Waals surface area contributed by atoms with Gasteiger partial charge in [-0.25, -0.2) is 0 Å². The number of aryl methyl sites for hydroxylation is 1. The standard InChI is InChI=1S/C15H11BrF3NO/c1-9-5-10(7-12(16)6-9)14(21)20-13-4-2-3-11(8-13)15(17,18)19/h2-8H,1H3,(H,20,21). The number of benzene rings is 2. The molecule has 2 aromatic rings. The SMILES string of the molecule is Cc1cc(Br)cc(C(=O)Nc2cccc(C(F)(F)F)c2)c1. The Morgan fingerprint density at radius 3 is 2.48 bits per heavy atom. The van der Waals surface area contributed by atoms with Crippen LogP contribution in [0.1, 0.15) is 21.5 Å². The molecule has 2 nitrogen and oxygen atoms in total. The second-order valence-corrected chi connectivity index (χ2v) is 5.47. The van der Waals surface area contributed by atoms with Gasteiger partial charge in [-0.3, -0.25) is 4.79 Å². The molecule has 0 atom stereocenters. The summed E-state index contributed by atoms with van der Waals surface area (Å²) in [7, 11) is 0. The van der Waals surface area contributed by atoms with Crippen LogP contribution < -0.4 is 5.32 Å². The molecular formula is C15H11BrF3NO. The zero-order valence-electron chi connectivity index (χ0n) is 11.0. The normalized spacial score (nSPS) is 11.3. The lowest BCUT2D eigenvalue weighted by Gasteiger charge is -2.10. The molecular weight excluding hydrogens is 347 g/mol. The fourth-order valence-corrected chi connectivity index (χ4v) is 2.45. The van der Waals surface area contributed by atoms with Crippen molar-refractivity contribution in [3.05, 3.63) is 63.6 Å². The summed E-state index contributed by atoms with van der Waals surface area (Å²) in [5.74, 6) is -0.460. The summed E-state index contributed by atoms with van der Waals surface area (Å²) in [6.45, 7) is 1.83. The molecule has 0 unspecified atom stereocenters. The third kappa shape index (κ3) is 4.07. The van der Waals surface area contributed by atoms with Crippen molar-refractivity contribution in [1.29, 1.82) is 0 Å². The molecule has 0 aromatic heterocycles. The first-order chi connectivity index (χ1) is 9.75. The first-order valence-electron chi connectivity index (χ1n) is 6.01. The molecule has 0 fully saturated rings. The fraction of sp³-hybridized carbons (Fsp3) is 0.133. The topological polar surface area (TPSA) is 29.1 Å². The van der Waals surface area contributed by atoms with Crippen molar-refractivity contribution in [2.75, 3.05) is 5.32 Å². The minimum atomic E-state index is -4.44. The highest BCUT2D eigenvalue weighted by Crippen LogP contribution is 2.30. The van der Waals surface area contributed by atoms with Gasteiger partial charge in [-0.1, -0.05) is 22.0 Å². The van der Waals surface area contributed by atoms with E-state index in [1.54, 1.807) is 12.1 Å². The summed E-state index contributed by atoms with van der Waals surface area (Å²) in [4.78, 5) is 12.1. The Hall–Kier alpha value is -1.82. The van der Waals surface area contributed by atoms with Crippen LogP contribution in [-0.4, -0.2) is 5.91 Å². The first kappa shape index (κ1) is 15.6. The van der Waals surface area contributed by atoms with Gasteiger partial charge in [0.15, 0.2) is 0 Å². The minimum Gasteiger partial charge on any atom is -0.322 e. The summed E-state index contributed by atoms with van der Waals surface area (Å²) in [5.41, 5.74) is 0.552. The smallest absolute Gasteiger partial charge is 0.322 e. The number of carbonyl (C=O) groups excluding carboxylic acids is 1. The monoisotopic (exact) mass is 357 g/mol. The third-order valence-corrected chi connectivity index (χ3v) is 3.21. The number of rotatable bonds is 2. The van der Waals surface area contributed by atoms with E-state index in [1.165, 1.54) is 12.1 Å². The molecule has 0 aliphatic carbocycles. The Bertz CT molecular complexity index is 663. The number of hydrogen-bond donors (Lipinski definition) is 1. The molecule has 110 valence electrons. The molecule has 1 N–H and O–H groups in total. The van der Waals surface area contributed by atoms with E-state index in [2.05, 4.69) is 21.2 Å². The number of anilines is 1. The van der Waals surface area contributed by atoms with Crippen LogP contribution in [0.4, 0.5) is 18.9 Å². The molecule has 0 aliphatic rings. The number of halogens is 4. The predicted molar refractivity (Wildman–Crippen MR) is 78.3 cm³/mol. The molecule has 2 aromatic carbocycles. The summed E-state index contributed by atoms with van der Waals surface area (Å²) < 4.78 is 38.6. The molecule has 0 heterocycles. The van der Waals surface area contributed by atoms with E-state index < -0.39 is 17.6 Å². The van der Waals surface area contributed by atoms with Crippen molar-refractivity contribution in [3.8, 4) is 0 Å².